The van der Waals surface area contributed by atoms with Crippen LogP contribution in [0.5, 0.6) is 0 Å². The Kier molecular flexibility index (Phi) is 3.65. The van der Waals surface area contributed by atoms with Gasteiger partial charge in [-0.25, -0.2) is 4.98 Å². The Morgan fingerprint density at radius 1 is 1.44 bits per heavy atom. The van der Waals surface area contributed by atoms with Gasteiger partial charge in [-0.15, -0.1) is 0 Å². The highest BCUT2D eigenvalue weighted by molar-refractivity contribution is 5.99. The molecule has 0 radical (unpaired) electrons. The third-order valence-electron chi connectivity index (χ3n) is 3.14. The molecule has 2 rings (SSSR count). The molecule has 0 spiro atoms. The Morgan fingerprint density at radius 3 is 2.89 bits per heavy atom. The summed E-state index contributed by atoms with van der Waals surface area (Å²) in [6.07, 6.45) is 3.67. The first-order valence-corrected chi connectivity index (χ1v) is 6.44. The standard InChI is InChI=1S/C14H19N3O/c1-4-10(3)15-14(18)13-11-8-6-7-9-17(11)12(5-2)16-13/h6-10H,4-5H2,1-3H3,(H,15,18). The van der Waals surface area contributed by atoms with Crippen molar-refractivity contribution in [1.82, 2.24) is 14.7 Å². The Labute approximate surface area is 107 Å². The van der Waals surface area contributed by atoms with Gasteiger partial charge in [0.2, 0.25) is 0 Å². The predicted molar refractivity (Wildman–Crippen MR) is 71.8 cm³/mol. The normalized spacial score (nSPS) is 12.6. The zero-order chi connectivity index (χ0) is 13.1. The highest BCUT2D eigenvalue weighted by Gasteiger charge is 2.17. The van der Waals surface area contributed by atoms with Crippen molar-refractivity contribution in [3.63, 3.8) is 0 Å². The number of aryl methyl sites for hydroxylation is 1. The Hall–Kier alpha value is -1.84. The van der Waals surface area contributed by atoms with Crippen LogP contribution in [0.1, 0.15) is 43.5 Å². The van der Waals surface area contributed by atoms with Crippen LogP contribution in [0.4, 0.5) is 0 Å². The molecule has 1 unspecified atom stereocenters. The van der Waals surface area contributed by atoms with Crippen LogP contribution >= 0.6 is 0 Å². The summed E-state index contributed by atoms with van der Waals surface area (Å²) in [4.78, 5) is 16.6. The molecule has 0 aliphatic heterocycles. The maximum atomic E-state index is 12.2. The highest BCUT2D eigenvalue weighted by Crippen LogP contribution is 2.13. The van der Waals surface area contributed by atoms with Gasteiger partial charge in [0.15, 0.2) is 5.69 Å². The number of aromatic nitrogens is 2. The summed E-state index contributed by atoms with van der Waals surface area (Å²) < 4.78 is 1.98. The summed E-state index contributed by atoms with van der Waals surface area (Å²) in [5, 5.41) is 2.96. The molecule has 0 saturated heterocycles. The van der Waals surface area contributed by atoms with Crippen molar-refractivity contribution in [2.24, 2.45) is 0 Å². The third kappa shape index (κ3) is 2.23. The molecule has 18 heavy (non-hydrogen) atoms. The minimum absolute atomic E-state index is 0.0900. The molecule has 0 aliphatic rings. The van der Waals surface area contributed by atoms with Crippen LogP contribution in [0, 0.1) is 0 Å². The predicted octanol–water partition coefficient (Wildman–Crippen LogP) is 2.43. The summed E-state index contributed by atoms with van der Waals surface area (Å²) in [7, 11) is 0. The van der Waals surface area contributed by atoms with Crippen molar-refractivity contribution in [3.05, 3.63) is 35.9 Å². The smallest absolute Gasteiger partial charge is 0.272 e. The van der Waals surface area contributed by atoms with E-state index in [1.54, 1.807) is 0 Å². The van der Waals surface area contributed by atoms with Crippen molar-refractivity contribution < 1.29 is 4.79 Å². The number of hydrogen-bond acceptors (Lipinski definition) is 2. The lowest BCUT2D eigenvalue weighted by Crippen LogP contribution is -2.32. The number of amides is 1. The van der Waals surface area contributed by atoms with Gasteiger partial charge in [0, 0.05) is 18.7 Å². The highest BCUT2D eigenvalue weighted by atomic mass is 16.2. The number of rotatable bonds is 4. The lowest BCUT2D eigenvalue weighted by Gasteiger charge is -2.09. The molecule has 2 aromatic heterocycles. The molecule has 0 fully saturated rings. The lowest BCUT2D eigenvalue weighted by atomic mass is 10.2. The van der Waals surface area contributed by atoms with Crippen molar-refractivity contribution in [2.75, 3.05) is 0 Å². The first-order valence-electron chi connectivity index (χ1n) is 6.44. The molecule has 4 nitrogen and oxygen atoms in total. The fourth-order valence-corrected chi connectivity index (χ4v) is 1.91. The van der Waals surface area contributed by atoms with Gasteiger partial charge in [0.1, 0.15) is 5.82 Å². The number of carbonyl (C=O) groups is 1. The maximum Gasteiger partial charge on any atom is 0.272 e. The quantitative estimate of drug-likeness (QED) is 0.899. The zero-order valence-corrected chi connectivity index (χ0v) is 11.1. The molecule has 0 aromatic carbocycles. The van der Waals surface area contributed by atoms with E-state index in [9.17, 15) is 4.79 Å². The SMILES string of the molecule is CCc1nc(C(=O)NC(C)CC)c2ccccn12. The van der Waals surface area contributed by atoms with Gasteiger partial charge >= 0.3 is 0 Å². The monoisotopic (exact) mass is 245 g/mol. The fourth-order valence-electron chi connectivity index (χ4n) is 1.91. The number of imidazole rings is 1. The number of hydrogen-bond donors (Lipinski definition) is 1. The zero-order valence-electron chi connectivity index (χ0n) is 11.1. The van der Waals surface area contributed by atoms with Gasteiger partial charge in [-0.2, -0.15) is 0 Å². The van der Waals surface area contributed by atoms with Crippen molar-refractivity contribution in [2.45, 2.75) is 39.7 Å². The van der Waals surface area contributed by atoms with Crippen LogP contribution in [0.25, 0.3) is 5.52 Å². The van der Waals surface area contributed by atoms with E-state index in [1.165, 1.54) is 0 Å². The van der Waals surface area contributed by atoms with E-state index < -0.39 is 0 Å². The number of nitrogens with one attached hydrogen (secondary N) is 1. The lowest BCUT2D eigenvalue weighted by molar-refractivity contribution is 0.0936. The summed E-state index contributed by atoms with van der Waals surface area (Å²) in [5.41, 5.74) is 1.39. The minimum atomic E-state index is -0.0900. The Morgan fingerprint density at radius 2 is 2.22 bits per heavy atom. The van der Waals surface area contributed by atoms with Gasteiger partial charge in [0.25, 0.3) is 5.91 Å². The third-order valence-corrected chi connectivity index (χ3v) is 3.14. The van der Waals surface area contributed by atoms with Gasteiger partial charge in [0.05, 0.1) is 5.52 Å². The summed E-state index contributed by atoms with van der Waals surface area (Å²) in [5.74, 6) is 0.827. The van der Waals surface area contributed by atoms with E-state index in [-0.39, 0.29) is 11.9 Å². The summed E-state index contributed by atoms with van der Waals surface area (Å²) in [6.45, 7) is 6.09. The first kappa shape index (κ1) is 12.6. The van der Waals surface area contributed by atoms with E-state index in [0.29, 0.717) is 5.69 Å². The topological polar surface area (TPSA) is 46.4 Å². The van der Waals surface area contributed by atoms with Crippen LogP contribution < -0.4 is 5.32 Å². The Balaban J connectivity index is 2.41. The van der Waals surface area contributed by atoms with E-state index in [0.717, 1.165) is 24.2 Å². The molecular weight excluding hydrogens is 226 g/mol. The second-order valence-electron chi connectivity index (χ2n) is 4.47. The maximum absolute atomic E-state index is 12.2. The molecule has 0 saturated carbocycles. The van der Waals surface area contributed by atoms with Crippen LogP contribution in [0.15, 0.2) is 24.4 Å². The van der Waals surface area contributed by atoms with Crippen LogP contribution in [0.3, 0.4) is 0 Å². The van der Waals surface area contributed by atoms with Gasteiger partial charge in [-0.05, 0) is 25.5 Å². The van der Waals surface area contributed by atoms with Crippen molar-refractivity contribution in [3.8, 4) is 0 Å². The average Bonchev–Trinajstić information content (AvgIpc) is 2.77. The second kappa shape index (κ2) is 5.21. The molecule has 1 atom stereocenters. The second-order valence-corrected chi connectivity index (χ2v) is 4.47. The fraction of sp³-hybridized carbons (Fsp3) is 0.429. The number of nitrogens with zero attached hydrogens (tertiary/aromatic N) is 2. The number of fused-ring (bicyclic) bond motifs is 1. The molecular formula is C14H19N3O. The molecule has 0 aliphatic carbocycles. The molecule has 1 N–H and O–H groups in total. The molecule has 0 bridgehead atoms. The number of pyridine rings is 1. The first-order chi connectivity index (χ1) is 8.67. The van der Waals surface area contributed by atoms with Crippen LogP contribution in [0.2, 0.25) is 0 Å². The average molecular weight is 245 g/mol. The van der Waals surface area contributed by atoms with E-state index in [4.69, 9.17) is 0 Å². The van der Waals surface area contributed by atoms with Crippen molar-refractivity contribution >= 4 is 11.4 Å². The Bertz CT molecular complexity index is 559. The minimum Gasteiger partial charge on any atom is -0.348 e. The molecule has 96 valence electrons. The van der Waals surface area contributed by atoms with Gasteiger partial charge < -0.3 is 9.72 Å². The van der Waals surface area contributed by atoms with Gasteiger partial charge in [-0.1, -0.05) is 19.9 Å². The molecule has 2 aromatic rings. The largest absolute Gasteiger partial charge is 0.348 e. The van der Waals surface area contributed by atoms with E-state index >= 15 is 0 Å². The van der Waals surface area contributed by atoms with Crippen LogP contribution in [-0.2, 0) is 6.42 Å². The van der Waals surface area contributed by atoms with Crippen molar-refractivity contribution in [1.29, 1.82) is 0 Å². The van der Waals surface area contributed by atoms with Crippen LogP contribution in [-0.4, -0.2) is 21.3 Å². The summed E-state index contributed by atoms with van der Waals surface area (Å²) >= 11 is 0. The molecule has 2 heterocycles. The van der Waals surface area contributed by atoms with E-state index in [2.05, 4.69) is 10.3 Å². The van der Waals surface area contributed by atoms with E-state index in [1.807, 2.05) is 49.6 Å². The molecule has 4 heteroatoms. The summed E-state index contributed by atoms with van der Waals surface area (Å²) in [6, 6.07) is 5.97. The van der Waals surface area contributed by atoms with Gasteiger partial charge in [-0.3, -0.25) is 4.79 Å². The molecule has 1 amide bonds. The number of carbonyl (C=O) groups excluding carboxylic acids is 1.